The van der Waals surface area contributed by atoms with Gasteiger partial charge in [0.25, 0.3) is 0 Å². The van der Waals surface area contributed by atoms with Crippen molar-refractivity contribution in [3.8, 4) is 0 Å². The van der Waals surface area contributed by atoms with Gasteiger partial charge in [0.2, 0.25) is 0 Å². The van der Waals surface area contributed by atoms with Crippen molar-refractivity contribution >= 4 is 90.5 Å². The molecule has 0 unspecified atom stereocenters. The molecule has 0 spiro atoms. The monoisotopic (exact) mass is 1230 g/mol. The zero-order valence-corrected chi connectivity index (χ0v) is 43.1. The number of thiophene rings is 3. The van der Waals surface area contributed by atoms with Crippen molar-refractivity contribution in [2.75, 3.05) is 0 Å². The molecule has 0 saturated heterocycles. The molecule has 8 nitrogen and oxygen atoms in total. The van der Waals surface area contributed by atoms with Gasteiger partial charge in [-0.3, -0.25) is 38.7 Å². The number of fused-ring (bicyclic) bond motifs is 3. The third kappa shape index (κ3) is 17.4. The summed E-state index contributed by atoms with van der Waals surface area (Å²) in [5.41, 5.74) is -0.208. The molecule has 9 aromatic rings. The molecule has 0 aliphatic heterocycles. The minimum absolute atomic E-state index is 0. The summed E-state index contributed by atoms with van der Waals surface area (Å²) in [5, 5.41) is 7.43. The number of benzene rings is 4. The number of carbonyl (C=O) groups excluding carboxylic acids is 6. The largest absolute Gasteiger partial charge is 3.00 e. The number of alkyl halides is 9. The molecule has 9 rings (SSSR count). The van der Waals surface area contributed by atoms with Crippen molar-refractivity contribution in [1.82, 2.24) is 9.97 Å². The Labute approximate surface area is 473 Å². The molecule has 0 bridgehead atoms. The predicted octanol–water partition coefficient (Wildman–Crippen LogP) is 15.5. The van der Waals surface area contributed by atoms with E-state index < -0.39 is 52.6 Å². The number of rotatable bonds is 12. The third-order valence-corrected chi connectivity index (χ3v) is 13.0. The Balaban J connectivity index is 0.000000185. The van der Waals surface area contributed by atoms with E-state index >= 15 is 0 Å². The van der Waals surface area contributed by atoms with E-state index in [2.05, 4.69) is 34.2 Å². The van der Waals surface area contributed by atoms with Crippen molar-refractivity contribution < 1.29 is 118 Å². The van der Waals surface area contributed by atoms with E-state index in [-0.39, 0.29) is 103 Å². The van der Waals surface area contributed by atoms with Gasteiger partial charge in [-0.2, -0.15) is 39.5 Å². The summed E-state index contributed by atoms with van der Waals surface area (Å²) in [6.45, 7) is 0. The molecule has 0 fully saturated rings. The van der Waals surface area contributed by atoms with Crippen molar-refractivity contribution in [1.29, 1.82) is 0 Å². The molecule has 0 amide bonds. The molecular formula is C54H35EuF9N2O6S3+3. The molecule has 0 N–H and O–H groups in total. The maximum Gasteiger partial charge on any atom is 3.00 e. The number of aromatic nitrogens is 2. The molecule has 21 heteroatoms. The van der Waals surface area contributed by atoms with Gasteiger partial charge in [0.1, 0.15) is 0 Å². The molecule has 5 aromatic heterocycles. The first-order valence-electron chi connectivity index (χ1n) is 21.5. The fourth-order valence-corrected chi connectivity index (χ4v) is 8.53. The zero-order valence-electron chi connectivity index (χ0n) is 38.2. The van der Waals surface area contributed by atoms with Gasteiger partial charge in [0.15, 0.2) is 34.7 Å². The molecule has 382 valence electrons. The number of carbonyl (C=O) groups is 6. The van der Waals surface area contributed by atoms with E-state index in [0.29, 0.717) is 14.6 Å². The van der Waals surface area contributed by atoms with Crippen LogP contribution in [0.5, 0.6) is 0 Å². The van der Waals surface area contributed by atoms with Crippen LogP contribution in [0.2, 0.25) is 0 Å². The first kappa shape index (κ1) is 59.6. The SMILES string of the molecule is O=C(CC(=O)c1cccs1)c1ccc(C(F)(F)F)cc1.O=C(CC(=O)c1cccs1)c1ccc(C(F)(F)F)cc1.O=C(CC(=O)c1cccs1)c1ccc(C(F)(F)F)cc1.[Eu+3].c1cnc2c(c1)ccc1cccnc12. The first-order valence-corrected chi connectivity index (χ1v) is 24.1. The van der Waals surface area contributed by atoms with Crippen LogP contribution in [-0.2, 0) is 18.5 Å². The molecule has 0 atom stereocenters. The molecule has 5 heterocycles. The van der Waals surface area contributed by atoms with Crippen LogP contribution < -0.4 is 0 Å². The van der Waals surface area contributed by atoms with Gasteiger partial charge in [-0.1, -0.05) is 78.9 Å². The van der Waals surface area contributed by atoms with Crippen LogP contribution in [-0.4, -0.2) is 44.7 Å². The molecule has 0 saturated carbocycles. The predicted molar refractivity (Wildman–Crippen MR) is 264 cm³/mol. The molecule has 0 aliphatic rings. The van der Waals surface area contributed by atoms with Gasteiger partial charge < -0.3 is 0 Å². The maximum atomic E-state index is 12.4. The summed E-state index contributed by atoms with van der Waals surface area (Å²) in [6.07, 6.45) is -10.7. The fourth-order valence-electron chi connectivity index (χ4n) is 6.53. The minimum Gasteiger partial charge on any atom is -0.294 e. The van der Waals surface area contributed by atoms with E-state index in [1.807, 2.05) is 12.1 Å². The Morgan fingerprint density at radius 2 is 0.613 bits per heavy atom. The molecular weight excluding hydrogens is 1190 g/mol. The van der Waals surface area contributed by atoms with Gasteiger partial charge in [-0.15, -0.1) is 34.0 Å². The number of halogens is 9. The summed E-state index contributed by atoms with van der Waals surface area (Å²) in [7, 11) is 0. The first-order chi connectivity index (χ1) is 35.1. The van der Waals surface area contributed by atoms with E-state index in [0.717, 1.165) is 94.6 Å². The van der Waals surface area contributed by atoms with Crippen LogP contribution in [0.1, 0.15) is 96.0 Å². The van der Waals surface area contributed by atoms with Crippen molar-refractivity contribution in [3.05, 3.63) is 222 Å². The zero-order chi connectivity index (χ0) is 53.6. The topological polar surface area (TPSA) is 128 Å². The van der Waals surface area contributed by atoms with E-state index in [1.54, 1.807) is 64.9 Å². The quantitative estimate of drug-likeness (QED) is 0.0512. The molecule has 0 radical (unpaired) electrons. The Morgan fingerprint density at radius 1 is 0.347 bits per heavy atom. The summed E-state index contributed by atoms with van der Waals surface area (Å²) in [5.74, 6) is -2.45. The number of pyridine rings is 2. The van der Waals surface area contributed by atoms with Crippen LogP contribution in [0.3, 0.4) is 0 Å². The number of hydrogen-bond acceptors (Lipinski definition) is 11. The van der Waals surface area contributed by atoms with E-state index in [4.69, 9.17) is 0 Å². The van der Waals surface area contributed by atoms with Gasteiger partial charge in [0, 0.05) is 39.9 Å². The number of hydrogen-bond donors (Lipinski definition) is 0. The Bertz CT molecular complexity index is 3040. The van der Waals surface area contributed by atoms with Crippen LogP contribution in [0, 0.1) is 49.4 Å². The average Bonchev–Trinajstić information content (AvgIpc) is 4.23. The smallest absolute Gasteiger partial charge is 0.294 e. The standard InChI is InChI=1S/3C14H9F3O2S.C12H8N2.Eu/c3*15-14(16,17)10-5-3-9(4-6-10)11(18)8-12(19)13-2-1-7-20-13;1-3-9-5-6-10-4-2-8-14-12(10)11(9)13-7-1;/h3*1-7H,8H2;1-8H;/q;;;;+3. The van der Waals surface area contributed by atoms with Gasteiger partial charge >= 0.3 is 67.9 Å². The van der Waals surface area contributed by atoms with Crippen LogP contribution in [0.4, 0.5) is 39.5 Å². The van der Waals surface area contributed by atoms with E-state index in [9.17, 15) is 68.3 Å². The number of nitrogens with zero attached hydrogens (tertiary/aromatic N) is 2. The fraction of sp³-hybridized carbons (Fsp3) is 0.111. The normalized spacial score (nSPS) is 11.1. The second-order valence-corrected chi connectivity index (χ2v) is 18.3. The second kappa shape index (κ2) is 27.0. The van der Waals surface area contributed by atoms with Crippen molar-refractivity contribution in [2.24, 2.45) is 0 Å². The van der Waals surface area contributed by atoms with Crippen LogP contribution >= 0.6 is 34.0 Å². The second-order valence-electron chi connectivity index (χ2n) is 15.4. The molecule has 75 heavy (non-hydrogen) atoms. The minimum atomic E-state index is -4.44. The molecule has 0 aliphatic carbocycles. The van der Waals surface area contributed by atoms with Crippen LogP contribution in [0.15, 0.2) is 174 Å². The van der Waals surface area contributed by atoms with Gasteiger partial charge in [0.05, 0.1) is 61.6 Å². The van der Waals surface area contributed by atoms with Crippen LogP contribution in [0.25, 0.3) is 21.8 Å². The Morgan fingerprint density at radius 3 is 0.840 bits per heavy atom. The Hall–Kier alpha value is -6.23. The number of Topliss-reactive ketones (excluding diaryl/α,β-unsaturated/α-hetero) is 6. The van der Waals surface area contributed by atoms with Gasteiger partial charge in [-0.05, 0) is 82.9 Å². The Kier molecular flexibility index (Phi) is 21.5. The average molecular weight is 1230 g/mol. The third-order valence-electron chi connectivity index (χ3n) is 10.3. The summed E-state index contributed by atoms with van der Waals surface area (Å²) in [4.78, 5) is 80.7. The summed E-state index contributed by atoms with van der Waals surface area (Å²) >= 11 is 3.67. The number of ketones is 6. The molecule has 4 aromatic carbocycles. The van der Waals surface area contributed by atoms with Crippen molar-refractivity contribution in [3.63, 3.8) is 0 Å². The van der Waals surface area contributed by atoms with Gasteiger partial charge in [-0.25, -0.2) is 0 Å². The van der Waals surface area contributed by atoms with Crippen molar-refractivity contribution in [2.45, 2.75) is 37.8 Å². The summed E-state index contributed by atoms with van der Waals surface area (Å²) in [6, 6.07) is 33.6. The summed E-state index contributed by atoms with van der Waals surface area (Å²) < 4.78 is 111. The van der Waals surface area contributed by atoms with E-state index in [1.165, 1.54) is 34.0 Å². The maximum absolute atomic E-state index is 12.4.